The van der Waals surface area contributed by atoms with Gasteiger partial charge in [-0.3, -0.25) is 4.90 Å². The van der Waals surface area contributed by atoms with E-state index in [0.29, 0.717) is 22.4 Å². The fourth-order valence-corrected chi connectivity index (χ4v) is 6.43. The van der Waals surface area contributed by atoms with E-state index < -0.39 is 10.0 Å². The molecule has 1 fully saturated rings. The largest absolute Gasteiger partial charge is 0.388 e. The molecule has 1 aliphatic rings. The van der Waals surface area contributed by atoms with Crippen LogP contribution in [0.15, 0.2) is 73.2 Å². The van der Waals surface area contributed by atoms with Crippen molar-refractivity contribution in [3.8, 4) is 0 Å². The summed E-state index contributed by atoms with van der Waals surface area (Å²) in [6.07, 6.45) is 13.2. The lowest BCUT2D eigenvalue weighted by Crippen LogP contribution is -2.34. The van der Waals surface area contributed by atoms with E-state index in [-0.39, 0.29) is 17.6 Å². The molecule has 1 saturated heterocycles. The van der Waals surface area contributed by atoms with Gasteiger partial charge in [0.1, 0.15) is 17.9 Å². The number of likely N-dealkylation sites (tertiary alicyclic amines) is 1. The monoisotopic (exact) mass is 506 g/mol. The molecule has 0 radical (unpaired) electrons. The Bertz CT molecular complexity index is 1580. The molecule has 4 aromatic heterocycles. The third-order valence-corrected chi connectivity index (χ3v) is 8.52. The van der Waals surface area contributed by atoms with Gasteiger partial charge in [0.15, 0.2) is 5.65 Å². The van der Waals surface area contributed by atoms with Crippen LogP contribution in [0, 0.1) is 0 Å². The number of imidazole rings is 1. The van der Waals surface area contributed by atoms with Crippen molar-refractivity contribution in [3.05, 3.63) is 84.6 Å². The Hall–Kier alpha value is -3.47. The number of nitrogens with zero attached hydrogens (tertiary/aromatic N) is 6. The Labute approximate surface area is 210 Å². The molecule has 0 amide bonds. The predicted molar refractivity (Wildman–Crippen MR) is 141 cm³/mol. The predicted octanol–water partition coefficient (Wildman–Crippen LogP) is 3.49. The van der Waals surface area contributed by atoms with Crippen molar-refractivity contribution in [1.82, 2.24) is 28.0 Å². The zero-order valence-electron chi connectivity index (χ0n) is 20.3. The number of hydrogen-bond acceptors (Lipinski definition) is 6. The van der Waals surface area contributed by atoms with Gasteiger partial charge in [0.25, 0.3) is 10.0 Å². The smallest absolute Gasteiger partial charge is 0.269 e. The average molecular weight is 507 g/mol. The molecular formula is C26H30N6O3S. The quantitative estimate of drug-likeness (QED) is 0.368. The second kappa shape index (κ2) is 9.53. The third kappa shape index (κ3) is 4.11. The van der Waals surface area contributed by atoms with Gasteiger partial charge >= 0.3 is 0 Å². The zero-order chi connectivity index (χ0) is 25.4. The fourth-order valence-electron chi connectivity index (χ4n) is 5.13. The lowest BCUT2D eigenvalue weighted by atomic mass is 10.0. The molecule has 1 aliphatic heterocycles. The first-order valence-corrected chi connectivity index (χ1v) is 13.3. The number of hydrogen-bond donors (Lipinski definition) is 1. The van der Waals surface area contributed by atoms with Gasteiger partial charge in [0.05, 0.1) is 16.6 Å². The van der Waals surface area contributed by atoms with E-state index in [1.807, 2.05) is 7.05 Å². The Balaban J connectivity index is 1.52. The average Bonchev–Trinajstić information content (AvgIpc) is 3.58. The molecular weight excluding hydrogens is 476 g/mol. The number of aryl methyl sites for hydroxylation is 1. The first-order chi connectivity index (χ1) is 17.4. The standard InChI is InChI=1S/C26H30N6O3S/c1-4-6-21(5-2)36(34,35)31-14-10-22-25-23(15-27-26(22)31)28-24(18-33)32(25)20-8-12-30(13-9-20)17-19-7-11-29(3)16-19/h4-7,10-11,14-16,20,33H,1-2,8-9,12-13,17-18H2,3H3/b21-6+. The molecule has 5 heterocycles. The van der Waals surface area contributed by atoms with Crippen molar-refractivity contribution >= 4 is 32.1 Å². The van der Waals surface area contributed by atoms with Crippen LogP contribution in [0.1, 0.15) is 30.3 Å². The molecule has 0 aliphatic carbocycles. The van der Waals surface area contributed by atoms with E-state index in [2.05, 4.69) is 55.6 Å². The minimum Gasteiger partial charge on any atom is -0.388 e. The lowest BCUT2D eigenvalue weighted by Gasteiger charge is -2.33. The molecule has 10 heteroatoms. The summed E-state index contributed by atoms with van der Waals surface area (Å²) >= 11 is 0. The van der Waals surface area contributed by atoms with Gasteiger partial charge < -0.3 is 14.2 Å². The van der Waals surface area contributed by atoms with Crippen molar-refractivity contribution in [3.63, 3.8) is 0 Å². The van der Waals surface area contributed by atoms with Crippen molar-refractivity contribution in [1.29, 1.82) is 0 Å². The first-order valence-electron chi connectivity index (χ1n) is 11.9. The summed E-state index contributed by atoms with van der Waals surface area (Å²) in [7, 11) is -1.87. The van der Waals surface area contributed by atoms with Crippen LogP contribution in [0.5, 0.6) is 0 Å². The molecule has 0 aromatic carbocycles. The van der Waals surface area contributed by atoms with Crippen molar-refractivity contribution in [2.75, 3.05) is 13.1 Å². The number of aromatic nitrogens is 5. The molecule has 4 aromatic rings. The van der Waals surface area contributed by atoms with Gasteiger partial charge in [0, 0.05) is 56.7 Å². The first kappa shape index (κ1) is 24.2. The third-order valence-electron chi connectivity index (χ3n) is 6.80. The topological polar surface area (TPSA) is 98.2 Å². The Morgan fingerprint density at radius 2 is 2.00 bits per heavy atom. The number of rotatable bonds is 8. The summed E-state index contributed by atoms with van der Waals surface area (Å²) < 4.78 is 31.8. The highest BCUT2D eigenvalue weighted by Gasteiger charge is 2.27. The normalized spacial score (nSPS) is 16.2. The molecule has 0 spiro atoms. The molecule has 1 N–H and O–H groups in total. The van der Waals surface area contributed by atoms with E-state index >= 15 is 0 Å². The van der Waals surface area contributed by atoms with Gasteiger partial charge in [-0.25, -0.2) is 22.4 Å². The summed E-state index contributed by atoms with van der Waals surface area (Å²) in [4.78, 5) is 11.5. The minimum absolute atomic E-state index is 0.0345. The minimum atomic E-state index is -3.90. The van der Waals surface area contributed by atoms with Gasteiger partial charge in [-0.2, -0.15) is 0 Å². The maximum atomic E-state index is 13.3. The SMILES string of the molecule is C=C/C=C(\C=C)S(=O)(=O)n1ccc2c1ncc1nc(CO)n(C3CCN(Cc4ccn(C)c4)CC3)c12. The Kier molecular flexibility index (Phi) is 6.42. The van der Waals surface area contributed by atoms with E-state index in [1.54, 1.807) is 12.3 Å². The number of fused-ring (bicyclic) bond motifs is 3. The van der Waals surface area contributed by atoms with E-state index in [1.165, 1.54) is 30.0 Å². The second-order valence-electron chi connectivity index (χ2n) is 9.10. The molecule has 188 valence electrons. The lowest BCUT2D eigenvalue weighted by molar-refractivity contribution is 0.174. The van der Waals surface area contributed by atoms with Crippen LogP contribution < -0.4 is 0 Å². The molecule has 5 rings (SSSR count). The summed E-state index contributed by atoms with van der Waals surface area (Å²) in [6.45, 7) is 9.77. The number of pyridine rings is 1. The maximum Gasteiger partial charge on any atom is 0.269 e. The fraction of sp³-hybridized carbons (Fsp3) is 0.308. The van der Waals surface area contributed by atoms with Crippen LogP contribution in [0.3, 0.4) is 0 Å². The van der Waals surface area contributed by atoms with Crippen LogP contribution in [-0.2, 0) is 30.2 Å². The molecule has 0 unspecified atom stereocenters. The summed E-state index contributed by atoms with van der Waals surface area (Å²) in [5, 5.41) is 10.8. The number of allylic oxidation sites excluding steroid dienone is 3. The number of piperidine rings is 1. The van der Waals surface area contributed by atoms with Crippen molar-refractivity contribution < 1.29 is 13.5 Å². The highest BCUT2D eigenvalue weighted by atomic mass is 32.2. The van der Waals surface area contributed by atoms with Crippen LogP contribution in [0.4, 0.5) is 0 Å². The highest BCUT2D eigenvalue weighted by molar-refractivity contribution is 7.94. The van der Waals surface area contributed by atoms with Crippen LogP contribution in [0.25, 0.3) is 22.1 Å². The second-order valence-corrected chi connectivity index (χ2v) is 10.9. The zero-order valence-corrected chi connectivity index (χ0v) is 21.1. The van der Waals surface area contributed by atoms with Crippen molar-refractivity contribution in [2.24, 2.45) is 7.05 Å². The number of aliphatic hydroxyl groups excluding tert-OH is 1. The summed E-state index contributed by atoms with van der Waals surface area (Å²) in [5.41, 5.74) is 3.04. The molecule has 36 heavy (non-hydrogen) atoms. The molecule has 0 bridgehead atoms. The van der Waals surface area contributed by atoms with E-state index in [4.69, 9.17) is 0 Å². The highest BCUT2D eigenvalue weighted by Crippen LogP contribution is 2.34. The van der Waals surface area contributed by atoms with Crippen LogP contribution >= 0.6 is 0 Å². The summed E-state index contributed by atoms with van der Waals surface area (Å²) in [5.74, 6) is 0.565. The van der Waals surface area contributed by atoms with Crippen LogP contribution in [0.2, 0.25) is 0 Å². The van der Waals surface area contributed by atoms with Gasteiger partial charge in [-0.1, -0.05) is 19.2 Å². The van der Waals surface area contributed by atoms with Crippen molar-refractivity contribution in [2.45, 2.75) is 32.0 Å². The number of aliphatic hydroxyl groups is 1. The van der Waals surface area contributed by atoms with Gasteiger partial charge in [-0.15, -0.1) is 0 Å². The van der Waals surface area contributed by atoms with E-state index in [0.717, 1.165) is 42.0 Å². The molecule has 0 saturated carbocycles. The molecule has 0 atom stereocenters. The maximum absolute atomic E-state index is 13.3. The Morgan fingerprint density at radius 3 is 2.64 bits per heavy atom. The van der Waals surface area contributed by atoms with Crippen LogP contribution in [-0.4, -0.2) is 54.6 Å². The van der Waals surface area contributed by atoms with Gasteiger partial charge in [0.2, 0.25) is 0 Å². The summed E-state index contributed by atoms with van der Waals surface area (Å²) in [6, 6.07) is 4.03. The Morgan fingerprint density at radius 1 is 1.22 bits per heavy atom. The van der Waals surface area contributed by atoms with E-state index in [9.17, 15) is 13.5 Å². The van der Waals surface area contributed by atoms with Gasteiger partial charge in [-0.05, 0) is 42.7 Å². The molecule has 9 nitrogen and oxygen atoms in total.